The highest BCUT2D eigenvalue weighted by molar-refractivity contribution is 5.95. The van der Waals surface area contributed by atoms with Gasteiger partial charge >= 0.3 is 11.9 Å². The number of carbonyl (C=O) groups excluding carboxylic acids is 2. The predicted octanol–water partition coefficient (Wildman–Crippen LogP) is 2.38. The largest absolute Gasteiger partial charge is 0.393 e. The molecule has 0 N–H and O–H groups in total. The zero-order valence-electron chi connectivity index (χ0n) is 8.94. The Labute approximate surface area is 89.8 Å². The van der Waals surface area contributed by atoms with Crippen LogP contribution in [0.2, 0.25) is 0 Å². The van der Waals surface area contributed by atoms with Crippen LogP contribution in [0, 0.1) is 5.92 Å². The van der Waals surface area contributed by atoms with Crippen LogP contribution in [0.4, 0.5) is 0 Å². The molecule has 0 saturated carbocycles. The third kappa shape index (κ3) is 4.11. The number of hydrogen-bond acceptors (Lipinski definition) is 3. The molecule has 1 aliphatic rings. The summed E-state index contributed by atoms with van der Waals surface area (Å²) in [5, 5.41) is 0. The molecule has 0 aromatic rings. The first-order valence-corrected chi connectivity index (χ1v) is 5.32. The molecule has 15 heavy (non-hydrogen) atoms. The molecule has 0 radical (unpaired) electrons. The third-order valence-electron chi connectivity index (χ3n) is 2.22. The second kappa shape index (κ2) is 6.17. The van der Waals surface area contributed by atoms with Crippen LogP contribution in [0.3, 0.4) is 0 Å². The van der Waals surface area contributed by atoms with Gasteiger partial charge in [-0.25, -0.2) is 0 Å². The summed E-state index contributed by atoms with van der Waals surface area (Å²) in [5.74, 6) is -1.24. The van der Waals surface area contributed by atoms with Gasteiger partial charge in [-0.3, -0.25) is 9.59 Å². The van der Waals surface area contributed by atoms with Crippen molar-refractivity contribution in [3.63, 3.8) is 0 Å². The van der Waals surface area contributed by atoms with Gasteiger partial charge in [-0.05, 0) is 6.42 Å². The summed E-state index contributed by atoms with van der Waals surface area (Å²) in [6.45, 7) is 2.14. The van der Waals surface area contributed by atoms with Crippen LogP contribution in [0.15, 0.2) is 24.3 Å². The summed E-state index contributed by atoms with van der Waals surface area (Å²) in [6.07, 6.45) is 11.1. The van der Waals surface area contributed by atoms with Crippen LogP contribution in [-0.4, -0.2) is 11.9 Å². The van der Waals surface area contributed by atoms with E-state index in [4.69, 9.17) is 0 Å². The van der Waals surface area contributed by atoms with Crippen molar-refractivity contribution in [2.75, 3.05) is 0 Å². The van der Waals surface area contributed by atoms with Crippen molar-refractivity contribution in [2.45, 2.75) is 32.6 Å². The third-order valence-corrected chi connectivity index (χ3v) is 2.22. The molecule has 0 aromatic carbocycles. The summed E-state index contributed by atoms with van der Waals surface area (Å²) in [4.78, 5) is 21.8. The van der Waals surface area contributed by atoms with E-state index in [1.807, 2.05) is 6.08 Å². The van der Waals surface area contributed by atoms with Crippen LogP contribution >= 0.6 is 0 Å². The number of hydrogen-bond donors (Lipinski definition) is 0. The maximum absolute atomic E-state index is 11.0. The molecule has 3 nitrogen and oxygen atoms in total. The molecule has 0 bridgehead atoms. The molecule has 1 fully saturated rings. The number of rotatable bonds is 5. The van der Waals surface area contributed by atoms with Crippen molar-refractivity contribution in [1.29, 1.82) is 0 Å². The quantitative estimate of drug-likeness (QED) is 0.301. The van der Waals surface area contributed by atoms with Crippen molar-refractivity contribution in [1.82, 2.24) is 0 Å². The average Bonchev–Trinajstić information content (AvgIpc) is 2.51. The van der Waals surface area contributed by atoms with Crippen LogP contribution in [-0.2, 0) is 14.3 Å². The van der Waals surface area contributed by atoms with Crippen LogP contribution in [0.5, 0.6) is 0 Å². The van der Waals surface area contributed by atoms with Gasteiger partial charge in [0.05, 0.1) is 12.3 Å². The van der Waals surface area contributed by atoms with Gasteiger partial charge in [0.1, 0.15) is 0 Å². The molecule has 3 heteroatoms. The lowest BCUT2D eigenvalue weighted by atomic mass is 10.1. The molecular weight excluding hydrogens is 192 g/mol. The Morgan fingerprint density at radius 2 is 2.20 bits per heavy atom. The summed E-state index contributed by atoms with van der Waals surface area (Å²) in [7, 11) is 0. The lowest BCUT2D eigenvalue weighted by molar-refractivity contribution is -0.152. The highest BCUT2D eigenvalue weighted by atomic mass is 16.6. The van der Waals surface area contributed by atoms with E-state index >= 15 is 0 Å². The van der Waals surface area contributed by atoms with E-state index < -0.39 is 11.9 Å². The first-order chi connectivity index (χ1) is 7.24. The smallest absolute Gasteiger partial charge is 0.321 e. The van der Waals surface area contributed by atoms with Gasteiger partial charge in [-0.2, -0.15) is 0 Å². The van der Waals surface area contributed by atoms with Crippen molar-refractivity contribution in [3.8, 4) is 0 Å². The van der Waals surface area contributed by atoms with Gasteiger partial charge < -0.3 is 4.74 Å². The zero-order chi connectivity index (χ0) is 11.1. The molecule has 1 rings (SSSR count). The minimum atomic E-state index is -0.432. The Kier molecular flexibility index (Phi) is 4.81. The van der Waals surface area contributed by atoms with Gasteiger partial charge in [0, 0.05) is 0 Å². The molecule has 0 aliphatic carbocycles. The number of cyclic esters (lactones) is 2. The highest BCUT2D eigenvalue weighted by Crippen LogP contribution is 2.16. The summed E-state index contributed by atoms with van der Waals surface area (Å²) < 4.78 is 4.42. The van der Waals surface area contributed by atoms with E-state index in [-0.39, 0.29) is 12.3 Å². The van der Waals surface area contributed by atoms with Crippen LogP contribution < -0.4 is 0 Å². The SMILES string of the molecule is CCCCC=CC=CC1CC(=O)OC1=O. The van der Waals surface area contributed by atoms with E-state index in [9.17, 15) is 9.59 Å². The fourth-order valence-corrected chi connectivity index (χ4v) is 1.33. The highest BCUT2D eigenvalue weighted by Gasteiger charge is 2.30. The van der Waals surface area contributed by atoms with E-state index in [2.05, 4.69) is 17.7 Å². The molecule has 1 aliphatic heterocycles. The van der Waals surface area contributed by atoms with Crippen molar-refractivity contribution in [3.05, 3.63) is 24.3 Å². The molecule has 1 unspecified atom stereocenters. The van der Waals surface area contributed by atoms with E-state index in [1.165, 1.54) is 12.8 Å². The summed E-state index contributed by atoms with van der Waals surface area (Å²) in [6, 6.07) is 0. The Balaban J connectivity index is 2.29. The number of carbonyl (C=O) groups is 2. The van der Waals surface area contributed by atoms with Gasteiger partial charge in [-0.15, -0.1) is 0 Å². The van der Waals surface area contributed by atoms with Gasteiger partial charge in [0.25, 0.3) is 0 Å². The van der Waals surface area contributed by atoms with Crippen LogP contribution in [0.25, 0.3) is 0 Å². The molecule has 82 valence electrons. The summed E-state index contributed by atoms with van der Waals surface area (Å²) >= 11 is 0. The lowest BCUT2D eigenvalue weighted by Crippen LogP contribution is -2.03. The normalized spacial score (nSPS) is 21.8. The number of ether oxygens (including phenoxy) is 1. The van der Waals surface area contributed by atoms with E-state index in [0.29, 0.717) is 0 Å². The van der Waals surface area contributed by atoms with Crippen molar-refractivity contribution >= 4 is 11.9 Å². The van der Waals surface area contributed by atoms with Gasteiger partial charge in [0.2, 0.25) is 0 Å². The molecule has 1 heterocycles. The van der Waals surface area contributed by atoms with Gasteiger partial charge in [0.15, 0.2) is 0 Å². The first kappa shape index (κ1) is 11.7. The Morgan fingerprint density at radius 3 is 2.80 bits per heavy atom. The predicted molar refractivity (Wildman–Crippen MR) is 57.0 cm³/mol. The van der Waals surface area contributed by atoms with E-state index in [1.54, 1.807) is 12.2 Å². The molecule has 1 atom stereocenters. The topological polar surface area (TPSA) is 43.4 Å². The maximum Gasteiger partial charge on any atom is 0.321 e. The fraction of sp³-hybridized carbons (Fsp3) is 0.500. The minimum absolute atomic E-state index is 0.179. The summed E-state index contributed by atoms with van der Waals surface area (Å²) in [5.41, 5.74) is 0. The van der Waals surface area contributed by atoms with Crippen LogP contribution in [0.1, 0.15) is 32.6 Å². The zero-order valence-corrected chi connectivity index (χ0v) is 8.94. The standard InChI is InChI=1S/C12H16O3/c1-2-3-4-5-6-7-8-10-9-11(13)15-12(10)14/h5-8,10H,2-4,9H2,1H3. The number of allylic oxidation sites excluding steroid dienone is 3. The van der Waals surface area contributed by atoms with Crippen molar-refractivity contribution in [2.24, 2.45) is 5.92 Å². The maximum atomic E-state index is 11.0. The lowest BCUT2D eigenvalue weighted by Gasteiger charge is -1.92. The average molecular weight is 208 g/mol. The Morgan fingerprint density at radius 1 is 1.40 bits per heavy atom. The Hall–Kier alpha value is -1.38. The molecule has 0 amide bonds. The minimum Gasteiger partial charge on any atom is -0.393 e. The number of esters is 2. The fourth-order valence-electron chi connectivity index (χ4n) is 1.33. The monoisotopic (exact) mass is 208 g/mol. The van der Waals surface area contributed by atoms with Crippen molar-refractivity contribution < 1.29 is 14.3 Å². The molecular formula is C12H16O3. The van der Waals surface area contributed by atoms with Gasteiger partial charge in [-0.1, -0.05) is 44.1 Å². The molecule has 1 saturated heterocycles. The molecule has 0 spiro atoms. The van der Waals surface area contributed by atoms with E-state index in [0.717, 1.165) is 6.42 Å². The Bertz CT molecular complexity index is 289. The molecule has 0 aromatic heterocycles. The second-order valence-electron chi connectivity index (χ2n) is 3.56. The first-order valence-electron chi connectivity index (χ1n) is 5.32. The second-order valence-corrected chi connectivity index (χ2v) is 3.56. The number of unbranched alkanes of at least 4 members (excludes halogenated alkanes) is 2.